The summed E-state index contributed by atoms with van der Waals surface area (Å²) in [5.41, 5.74) is 2.07. The van der Waals surface area contributed by atoms with Gasteiger partial charge in [-0.05, 0) is 36.1 Å². The van der Waals surface area contributed by atoms with Gasteiger partial charge in [-0.3, -0.25) is 4.79 Å². The minimum atomic E-state index is 0.0835. The maximum absolute atomic E-state index is 12.8. The Morgan fingerprint density at radius 2 is 1.90 bits per heavy atom. The standard InChI is InChI=1S/C24H27N3O4/c1-29-21-11-9-18(10-12-21)14-23(28)27-13-5-8-20(15-27)24-25-22(31-26-24)17-30-16-19-6-3-2-4-7-19/h2-4,6-7,9-12,20H,5,8,13-17H2,1H3. The SMILES string of the molecule is COc1ccc(CC(=O)N2CCCC(c3noc(COCc4ccccc4)n3)C2)cc1. The zero-order valence-electron chi connectivity index (χ0n) is 17.7. The number of rotatable bonds is 8. The van der Waals surface area contributed by atoms with Crippen molar-refractivity contribution in [3.8, 4) is 5.75 Å². The van der Waals surface area contributed by atoms with Crippen LogP contribution in [0, 0.1) is 0 Å². The van der Waals surface area contributed by atoms with E-state index >= 15 is 0 Å². The van der Waals surface area contributed by atoms with Crippen molar-refractivity contribution in [2.45, 2.75) is 38.4 Å². The average molecular weight is 421 g/mol. The predicted octanol–water partition coefficient (Wildman–Crippen LogP) is 3.74. The van der Waals surface area contributed by atoms with Gasteiger partial charge in [-0.1, -0.05) is 47.6 Å². The molecule has 0 aliphatic carbocycles. The molecule has 0 spiro atoms. The lowest BCUT2D eigenvalue weighted by Crippen LogP contribution is -2.40. The van der Waals surface area contributed by atoms with Crippen LogP contribution in [0.1, 0.15) is 41.6 Å². The molecular weight excluding hydrogens is 394 g/mol. The molecule has 0 radical (unpaired) electrons. The summed E-state index contributed by atoms with van der Waals surface area (Å²) in [6.45, 7) is 2.14. The number of carbonyl (C=O) groups excluding carboxylic acids is 1. The van der Waals surface area contributed by atoms with Gasteiger partial charge in [-0.15, -0.1) is 0 Å². The van der Waals surface area contributed by atoms with Crippen molar-refractivity contribution in [1.82, 2.24) is 15.0 Å². The smallest absolute Gasteiger partial charge is 0.252 e. The summed E-state index contributed by atoms with van der Waals surface area (Å²) in [5.74, 6) is 2.10. The Labute approximate surface area is 182 Å². The number of aromatic nitrogens is 2. The summed E-state index contributed by atoms with van der Waals surface area (Å²) in [4.78, 5) is 19.2. The number of likely N-dealkylation sites (tertiary alicyclic amines) is 1. The van der Waals surface area contributed by atoms with Gasteiger partial charge in [0.25, 0.3) is 5.89 Å². The lowest BCUT2D eigenvalue weighted by molar-refractivity contribution is -0.131. The molecule has 0 N–H and O–H groups in total. The second-order valence-electron chi connectivity index (χ2n) is 7.73. The lowest BCUT2D eigenvalue weighted by atomic mass is 9.96. The lowest BCUT2D eigenvalue weighted by Gasteiger charge is -2.31. The van der Waals surface area contributed by atoms with E-state index in [4.69, 9.17) is 14.0 Å². The molecule has 7 heteroatoms. The molecule has 7 nitrogen and oxygen atoms in total. The number of amides is 1. The molecule has 1 fully saturated rings. The molecule has 0 saturated carbocycles. The van der Waals surface area contributed by atoms with Crippen molar-refractivity contribution >= 4 is 5.91 Å². The fraction of sp³-hybridized carbons (Fsp3) is 0.375. The van der Waals surface area contributed by atoms with Crippen molar-refractivity contribution in [3.05, 3.63) is 77.4 Å². The van der Waals surface area contributed by atoms with Crippen LogP contribution >= 0.6 is 0 Å². The van der Waals surface area contributed by atoms with Gasteiger partial charge in [0.05, 0.1) is 20.1 Å². The largest absolute Gasteiger partial charge is 0.497 e. The average Bonchev–Trinajstić information content (AvgIpc) is 3.29. The first kappa shape index (κ1) is 21.1. The van der Waals surface area contributed by atoms with E-state index < -0.39 is 0 Å². The Balaban J connectivity index is 1.29. The van der Waals surface area contributed by atoms with E-state index in [1.54, 1.807) is 7.11 Å². The molecule has 3 aromatic rings. The molecule has 4 rings (SSSR count). The van der Waals surface area contributed by atoms with Gasteiger partial charge in [0, 0.05) is 19.0 Å². The van der Waals surface area contributed by atoms with Crippen molar-refractivity contribution in [1.29, 1.82) is 0 Å². The zero-order chi connectivity index (χ0) is 21.5. The molecule has 1 aliphatic rings. The van der Waals surface area contributed by atoms with Crippen molar-refractivity contribution in [2.75, 3.05) is 20.2 Å². The van der Waals surface area contributed by atoms with Gasteiger partial charge >= 0.3 is 0 Å². The minimum absolute atomic E-state index is 0.0835. The predicted molar refractivity (Wildman–Crippen MR) is 114 cm³/mol. The van der Waals surface area contributed by atoms with E-state index in [0.717, 1.165) is 36.3 Å². The van der Waals surface area contributed by atoms with Gasteiger partial charge in [0.2, 0.25) is 5.91 Å². The normalized spacial score (nSPS) is 16.3. The summed E-state index contributed by atoms with van der Waals surface area (Å²) in [6, 6.07) is 17.6. The van der Waals surface area contributed by atoms with E-state index in [9.17, 15) is 4.79 Å². The Morgan fingerprint density at radius 3 is 2.68 bits per heavy atom. The van der Waals surface area contributed by atoms with Gasteiger partial charge in [-0.2, -0.15) is 4.98 Å². The monoisotopic (exact) mass is 421 g/mol. The number of nitrogens with zero attached hydrogens (tertiary/aromatic N) is 3. The molecule has 162 valence electrons. The highest BCUT2D eigenvalue weighted by molar-refractivity contribution is 5.79. The first-order valence-electron chi connectivity index (χ1n) is 10.6. The third-order valence-electron chi connectivity index (χ3n) is 5.47. The number of benzene rings is 2. The van der Waals surface area contributed by atoms with Crippen LogP contribution in [-0.4, -0.2) is 41.1 Å². The molecule has 2 aromatic carbocycles. The molecule has 31 heavy (non-hydrogen) atoms. The number of carbonyl (C=O) groups is 1. The zero-order valence-corrected chi connectivity index (χ0v) is 17.7. The Bertz CT molecular complexity index is 972. The molecular formula is C24H27N3O4. The van der Waals surface area contributed by atoms with Gasteiger partial charge in [-0.25, -0.2) is 0 Å². The molecule has 2 heterocycles. The first-order valence-corrected chi connectivity index (χ1v) is 10.6. The second kappa shape index (κ2) is 10.2. The number of hydrogen-bond acceptors (Lipinski definition) is 6. The van der Waals surface area contributed by atoms with Crippen LogP contribution in [0.4, 0.5) is 0 Å². The third-order valence-corrected chi connectivity index (χ3v) is 5.47. The number of piperidine rings is 1. The van der Waals surface area contributed by atoms with E-state index in [0.29, 0.717) is 31.3 Å². The molecule has 1 unspecified atom stereocenters. The van der Waals surface area contributed by atoms with Crippen molar-refractivity contribution < 1.29 is 18.8 Å². The second-order valence-corrected chi connectivity index (χ2v) is 7.73. The molecule has 1 atom stereocenters. The molecule has 1 aromatic heterocycles. The Morgan fingerprint density at radius 1 is 1.10 bits per heavy atom. The van der Waals surface area contributed by atoms with Crippen LogP contribution in [0.2, 0.25) is 0 Å². The van der Waals surface area contributed by atoms with Crippen molar-refractivity contribution in [2.24, 2.45) is 0 Å². The topological polar surface area (TPSA) is 77.7 Å². The first-order chi connectivity index (χ1) is 15.2. The van der Waals surface area contributed by atoms with Gasteiger partial charge < -0.3 is 18.9 Å². The van der Waals surface area contributed by atoms with Crippen LogP contribution in [0.25, 0.3) is 0 Å². The van der Waals surface area contributed by atoms with E-state index in [1.165, 1.54) is 0 Å². The maximum Gasteiger partial charge on any atom is 0.252 e. The van der Waals surface area contributed by atoms with E-state index in [2.05, 4.69) is 10.1 Å². The quantitative estimate of drug-likeness (QED) is 0.551. The fourth-order valence-corrected chi connectivity index (χ4v) is 3.77. The Kier molecular flexibility index (Phi) is 6.94. The van der Waals surface area contributed by atoms with Crippen LogP contribution < -0.4 is 4.74 Å². The Hall–Kier alpha value is -3.19. The number of methoxy groups -OCH3 is 1. The summed E-state index contributed by atoms with van der Waals surface area (Å²) >= 11 is 0. The fourth-order valence-electron chi connectivity index (χ4n) is 3.77. The van der Waals surface area contributed by atoms with Crippen LogP contribution in [0.3, 0.4) is 0 Å². The third kappa shape index (κ3) is 5.70. The summed E-state index contributed by atoms with van der Waals surface area (Å²) in [5, 5.41) is 4.14. The number of ether oxygens (including phenoxy) is 2. The molecule has 1 saturated heterocycles. The highest BCUT2D eigenvalue weighted by Gasteiger charge is 2.28. The molecule has 1 amide bonds. The van der Waals surface area contributed by atoms with Crippen LogP contribution in [-0.2, 0) is 29.2 Å². The summed E-state index contributed by atoms with van der Waals surface area (Å²) in [6.07, 6.45) is 2.24. The van der Waals surface area contributed by atoms with E-state index in [1.807, 2.05) is 59.5 Å². The summed E-state index contributed by atoms with van der Waals surface area (Å²) < 4.78 is 16.2. The van der Waals surface area contributed by atoms with Crippen molar-refractivity contribution in [3.63, 3.8) is 0 Å². The van der Waals surface area contributed by atoms with Gasteiger partial charge in [0.1, 0.15) is 12.4 Å². The van der Waals surface area contributed by atoms with Gasteiger partial charge in [0.15, 0.2) is 5.82 Å². The number of hydrogen-bond donors (Lipinski definition) is 0. The minimum Gasteiger partial charge on any atom is -0.497 e. The van der Waals surface area contributed by atoms with E-state index in [-0.39, 0.29) is 18.4 Å². The maximum atomic E-state index is 12.8. The highest BCUT2D eigenvalue weighted by atomic mass is 16.5. The molecule has 0 bridgehead atoms. The van der Waals surface area contributed by atoms with Crippen LogP contribution in [0.5, 0.6) is 5.75 Å². The highest BCUT2D eigenvalue weighted by Crippen LogP contribution is 2.25. The summed E-state index contributed by atoms with van der Waals surface area (Å²) in [7, 11) is 1.63. The molecule has 1 aliphatic heterocycles. The van der Waals surface area contributed by atoms with Crippen LogP contribution in [0.15, 0.2) is 59.1 Å².